The van der Waals surface area contributed by atoms with Crippen LogP contribution in [0.15, 0.2) is 3.96 Å². The van der Waals surface area contributed by atoms with Crippen LogP contribution in [-0.2, 0) is 15.8 Å². The van der Waals surface area contributed by atoms with Crippen LogP contribution in [0.1, 0.15) is 6.42 Å². The summed E-state index contributed by atoms with van der Waals surface area (Å²) in [4.78, 5) is 0. The van der Waals surface area contributed by atoms with Crippen molar-refractivity contribution in [3.8, 4) is 0 Å². The minimum atomic E-state index is 0.471. The van der Waals surface area contributed by atoms with Crippen molar-refractivity contribution in [2.75, 3.05) is 13.1 Å². The molecule has 0 aliphatic heterocycles. The van der Waals surface area contributed by atoms with E-state index in [-0.39, 0.29) is 0 Å². The summed E-state index contributed by atoms with van der Waals surface area (Å²) in [6, 6.07) is 0. The fourth-order valence-corrected chi connectivity index (χ4v) is 0.310. The molecule has 0 rings (SSSR count). The van der Waals surface area contributed by atoms with Crippen LogP contribution < -0.4 is 0 Å². The third-order valence-electron chi connectivity index (χ3n) is 0.414. The molecule has 0 aromatic rings. The fourth-order valence-electron chi connectivity index (χ4n) is 0.135. The van der Waals surface area contributed by atoms with Gasteiger partial charge in [0.1, 0.15) is 0 Å². The quantitative estimate of drug-likeness (QED) is 0.402. The Balaban J connectivity index is 2.49. The predicted molar refractivity (Wildman–Crippen MR) is 21.1 cm³/mol. The van der Waals surface area contributed by atoms with Crippen LogP contribution in [-0.4, -0.2) is 13.1 Å². The maximum absolute atomic E-state index is 6.62. The molecule has 37 valence electrons. The van der Waals surface area contributed by atoms with Gasteiger partial charge in [0.25, 0.3) is 0 Å². The standard InChI is InChI=1S/C3H7N2.Fe/c4-2-1-3-5;/h4H,1-3H2;/q-1;+1. The summed E-state index contributed by atoms with van der Waals surface area (Å²) < 4.78 is 3.56. The molecule has 0 saturated carbocycles. The molecule has 6 heavy (non-hydrogen) atoms. The molecule has 0 aliphatic carbocycles. The van der Waals surface area contributed by atoms with E-state index in [9.17, 15) is 0 Å². The molecule has 1 N–H and O–H groups in total. The number of hydrogen-bond donors (Lipinski definition) is 0. The molecule has 0 aromatic carbocycles. The zero-order valence-corrected chi connectivity index (χ0v) is 4.53. The molecule has 0 amide bonds. The summed E-state index contributed by atoms with van der Waals surface area (Å²) in [5.74, 6) is 0. The van der Waals surface area contributed by atoms with Crippen molar-refractivity contribution in [3.63, 3.8) is 0 Å². The molecular weight excluding hydrogens is 120 g/mol. The summed E-state index contributed by atoms with van der Waals surface area (Å²) in [6.07, 6.45) is 0.851. The minimum absolute atomic E-state index is 0.471. The van der Waals surface area contributed by atoms with Crippen molar-refractivity contribution in [2.24, 2.45) is 3.96 Å². The first-order valence-corrected chi connectivity index (χ1v) is 2.32. The second kappa shape index (κ2) is 5.28. The number of nitrogens with one attached hydrogen (secondary N) is 1. The summed E-state index contributed by atoms with van der Waals surface area (Å²) in [5, 5.41) is 0. The molecular formula is C3H7FeN2. The molecule has 0 spiro atoms. The second-order valence-corrected chi connectivity index (χ2v) is 1.29. The van der Waals surface area contributed by atoms with Gasteiger partial charge in [-0.05, 0) is 0 Å². The van der Waals surface area contributed by atoms with Gasteiger partial charge in [-0.15, -0.1) is 0 Å². The molecule has 0 radical (unpaired) electrons. The van der Waals surface area contributed by atoms with Gasteiger partial charge < -0.3 is 0 Å². The molecule has 0 unspecified atom stereocenters. The van der Waals surface area contributed by atoms with Gasteiger partial charge in [-0.25, -0.2) is 0 Å². The molecule has 0 saturated heterocycles. The fraction of sp³-hybridized carbons (Fsp3) is 1.00. The maximum atomic E-state index is 6.62. The van der Waals surface area contributed by atoms with Crippen molar-refractivity contribution >= 4 is 0 Å². The van der Waals surface area contributed by atoms with E-state index in [1.54, 1.807) is 0 Å². The Morgan fingerprint density at radius 1 is 1.67 bits per heavy atom. The van der Waals surface area contributed by atoms with Gasteiger partial charge in [0, 0.05) is 0 Å². The number of rotatable bonds is 3. The molecule has 3 heteroatoms. The zero-order chi connectivity index (χ0) is 4.83. The van der Waals surface area contributed by atoms with E-state index in [1.807, 2.05) is 0 Å². The van der Waals surface area contributed by atoms with Crippen LogP contribution in [0.3, 0.4) is 0 Å². The monoisotopic (exact) mass is 127 g/mol. The van der Waals surface area contributed by atoms with E-state index in [2.05, 4.69) is 19.8 Å². The molecule has 0 aromatic heterocycles. The molecule has 2 nitrogen and oxygen atoms in total. The van der Waals surface area contributed by atoms with Crippen molar-refractivity contribution in [1.82, 2.24) is 0 Å². The van der Waals surface area contributed by atoms with Crippen LogP contribution in [0.25, 0.3) is 5.73 Å². The van der Waals surface area contributed by atoms with Gasteiger partial charge in [-0.2, -0.15) is 0 Å². The number of nitrogens with zero attached hydrogens (tertiary/aromatic N) is 1. The molecule has 0 heterocycles. The zero-order valence-electron chi connectivity index (χ0n) is 3.42. The molecule has 0 aliphatic rings. The van der Waals surface area contributed by atoms with E-state index >= 15 is 0 Å². The van der Waals surface area contributed by atoms with Crippen LogP contribution in [0.4, 0.5) is 0 Å². The van der Waals surface area contributed by atoms with Crippen molar-refractivity contribution < 1.29 is 15.8 Å². The summed E-state index contributed by atoms with van der Waals surface area (Å²) >= 11 is 3.26. The summed E-state index contributed by atoms with van der Waals surface area (Å²) in [7, 11) is 0. The topological polar surface area (TPSA) is 36.2 Å². The van der Waals surface area contributed by atoms with Gasteiger partial charge >= 0.3 is 45.0 Å². The SMILES string of the molecule is [NH-]CCC[N]=[Fe+]. The van der Waals surface area contributed by atoms with Crippen molar-refractivity contribution in [2.45, 2.75) is 6.42 Å². The third-order valence-corrected chi connectivity index (χ3v) is 0.661. The normalized spacial score (nSPS) is 8.17. The molecule has 0 atom stereocenters. The summed E-state index contributed by atoms with van der Waals surface area (Å²) in [5.41, 5.74) is 6.62. The van der Waals surface area contributed by atoms with Gasteiger partial charge in [-0.1, -0.05) is 0 Å². The average molecular weight is 127 g/mol. The summed E-state index contributed by atoms with van der Waals surface area (Å²) in [6.45, 7) is 1.21. The van der Waals surface area contributed by atoms with Crippen molar-refractivity contribution in [3.05, 3.63) is 5.73 Å². The van der Waals surface area contributed by atoms with E-state index in [4.69, 9.17) is 5.73 Å². The third kappa shape index (κ3) is 4.28. The Labute approximate surface area is 45.7 Å². The van der Waals surface area contributed by atoms with E-state index < -0.39 is 0 Å². The average Bonchev–Trinajstić information content (AvgIpc) is 1.61. The van der Waals surface area contributed by atoms with E-state index in [0.717, 1.165) is 13.0 Å². The Kier molecular flexibility index (Phi) is 5.53. The van der Waals surface area contributed by atoms with E-state index in [1.165, 1.54) is 0 Å². The van der Waals surface area contributed by atoms with Gasteiger partial charge in [0.2, 0.25) is 0 Å². The Morgan fingerprint density at radius 3 is 2.50 bits per heavy atom. The van der Waals surface area contributed by atoms with Crippen LogP contribution >= 0.6 is 0 Å². The van der Waals surface area contributed by atoms with Crippen LogP contribution in [0.2, 0.25) is 0 Å². The van der Waals surface area contributed by atoms with Crippen molar-refractivity contribution in [1.29, 1.82) is 0 Å². The Morgan fingerprint density at radius 2 is 2.33 bits per heavy atom. The van der Waals surface area contributed by atoms with Crippen LogP contribution in [0, 0.1) is 0 Å². The van der Waals surface area contributed by atoms with Gasteiger partial charge in [-0.3, -0.25) is 0 Å². The number of hydrogen-bond acceptors (Lipinski definition) is 1. The van der Waals surface area contributed by atoms with Gasteiger partial charge in [0.15, 0.2) is 0 Å². The predicted octanol–water partition coefficient (Wildman–Crippen LogP) is 1.16. The Hall–Kier alpha value is 0.279. The molecule has 0 bridgehead atoms. The van der Waals surface area contributed by atoms with Crippen LogP contribution in [0.5, 0.6) is 0 Å². The Bertz CT molecular complexity index is 37.8. The first-order valence-electron chi connectivity index (χ1n) is 1.83. The first-order chi connectivity index (χ1) is 2.91. The van der Waals surface area contributed by atoms with E-state index in [0.29, 0.717) is 6.54 Å². The molecule has 0 fully saturated rings. The first kappa shape index (κ1) is 6.28. The van der Waals surface area contributed by atoms with Gasteiger partial charge in [0.05, 0.1) is 0 Å². The second-order valence-electron chi connectivity index (χ2n) is 0.939.